The third-order valence-electron chi connectivity index (χ3n) is 4.19. The Bertz CT molecular complexity index is 558. The summed E-state index contributed by atoms with van der Waals surface area (Å²) in [5.74, 6) is -0.613. The van der Waals surface area contributed by atoms with Crippen LogP contribution in [0.4, 0.5) is 4.39 Å². The zero-order valence-corrected chi connectivity index (χ0v) is 12.4. The number of nitrogens with zero attached hydrogens (tertiary/aromatic N) is 1. The van der Waals surface area contributed by atoms with Gasteiger partial charge in [0.2, 0.25) is 11.8 Å². The second kappa shape index (κ2) is 6.12. The summed E-state index contributed by atoms with van der Waals surface area (Å²) < 4.78 is 13.2. The number of rotatable bonds is 2. The first-order valence-corrected chi connectivity index (χ1v) is 6.91. The van der Waals surface area contributed by atoms with Crippen molar-refractivity contribution in [1.82, 2.24) is 10.2 Å². The van der Waals surface area contributed by atoms with Gasteiger partial charge in [-0.25, -0.2) is 4.39 Å². The number of likely N-dealkylation sites (tertiary alicyclic amines) is 1. The van der Waals surface area contributed by atoms with Crippen molar-refractivity contribution in [1.29, 1.82) is 0 Å². The summed E-state index contributed by atoms with van der Waals surface area (Å²) in [5.41, 5.74) is 0.0790. The van der Waals surface area contributed by atoms with E-state index in [9.17, 15) is 14.0 Å². The zero-order valence-electron chi connectivity index (χ0n) is 11.6. The van der Waals surface area contributed by atoms with Crippen LogP contribution in [-0.2, 0) is 16.1 Å². The lowest BCUT2D eigenvalue weighted by Crippen LogP contribution is -2.45. The van der Waals surface area contributed by atoms with Gasteiger partial charge in [0, 0.05) is 13.0 Å². The molecule has 0 aliphatic carbocycles. The summed E-state index contributed by atoms with van der Waals surface area (Å²) >= 11 is 0. The Labute approximate surface area is 129 Å². The Morgan fingerprint density at radius 2 is 2.14 bits per heavy atom. The molecule has 6 heteroatoms. The van der Waals surface area contributed by atoms with Crippen molar-refractivity contribution in [2.75, 3.05) is 13.1 Å². The number of hydrogen-bond acceptors (Lipinski definition) is 3. The molecule has 2 aliphatic rings. The van der Waals surface area contributed by atoms with Crippen molar-refractivity contribution in [3.05, 3.63) is 35.6 Å². The van der Waals surface area contributed by atoms with Gasteiger partial charge in [0.05, 0.1) is 12.0 Å². The molecule has 4 nitrogen and oxygen atoms in total. The van der Waals surface area contributed by atoms with Gasteiger partial charge in [0.25, 0.3) is 0 Å². The number of piperidine rings is 1. The van der Waals surface area contributed by atoms with Gasteiger partial charge < -0.3 is 5.32 Å². The maximum atomic E-state index is 13.2. The molecular formula is C15H18ClFN2O2. The van der Waals surface area contributed by atoms with Crippen LogP contribution in [0.3, 0.4) is 0 Å². The highest BCUT2D eigenvalue weighted by molar-refractivity contribution is 6.06. The maximum Gasteiger partial charge on any atom is 0.237 e. The molecule has 2 amide bonds. The van der Waals surface area contributed by atoms with Crippen LogP contribution in [0, 0.1) is 11.2 Å². The van der Waals surface area contributed by atoms with Gasteiger partial charge in [-0.1, -0.05) is 12.1 Å². The number of halogens is 2. The lowest BCUT2D eigenvalue weighted by Gasteiger charge is -2.31. The molecule has 0 bridgehead atoms. The predicted octanol–water partition coefficient (Wildman–Crippen LogP) is 1.88. The van der Waals surface area contributed by atoms with Gasteiger partial charge in [-0.15, -0.1) is 12.4 Å². The molecule has 21 heavy (non-hydrogen) atoms. The Morgan fingerprint density at radius 1 is 1.33 bits per heavy atom. The molecule has 2 heterocycles. The number of hydrogen-bond donors (Lipinski definition) is 1. The van der Waals surface area contributed by atoms with E-state index in [0.29, 0.717) is 12.1 Å². The summed E-state index contributed by atoms with van der Waals surface area (Å²) in [4.78, 5) is 26.0. The highest BCUT2D eigenvalue weighted by Gasteiger charge is 2.51. The maximum absolute atomic E-state index is 13.2. The first-order valence-electron chi connectivity index (χ1n) is 6.91. The fraction of sp³-hybridized carbons (Fsp3) is 0.467. The molecule has 0 radical (unpaired) electrons. The molecule has 1 spiro atoms. The Morgan fingerprint density at radius 3 is 2.81 bits per heavy atom. The molecule has 1 atom stereocenters. The highest BCUT2D eigenvalue weighted by Crippen LogP contribution is 2.39. The summed E-state index contributed by atoms with van der Waals surface area (Å²) in [6, 6.07) is 6.04. The molecule has 1 aromatic rings. The van der Waals surface area contributed by atoms with E-state index in [2.05, 4.69) is 5.32 Å². The zero-order chi connectivity index (χ0) is 14.2. The molecule has 3 rings (SSSR count). The molecule has 1 unspecified atom stereocenters. The predicted molar refractivity (Wildman–Crippen MR) is 78.4 cm³/mol. The van der Waals surface area contributed by atoms with Crippen molar-refractivity contribution < 1.29 is 14.0 Å². The molecule has 1 N–H and O–H groups in total. The van der Waals surface area contributed by atoms with Crippen molar-refractivity contribution in [2.24, 2.45) is 5.41 Å². The molecule has 0 saturated carbocycles. The fourth-order valence-corrected chi connectivity index (χ4v) is 3.14. The van der Waals surface area contributed by atoms with E-state index in [1.807, 2.05) is 0 Å². The molecule has 114 valence electrons. The monoisotopic (exact) mass is 312 g/mol. The molecule has 1 aromatic carbocycles. The molecule has 2 aliphatic heterocycles. The quantitative estimate of drug-likeness (QED) is 0.848. The first-order chi connectivity index (χ1) is 9.61. The average Bonchev–Trinajstić information content (AvgIpc) is 2.64. The lowest BCUT2D eigenvalue weighted by molar-refractivity contribution is -0.142. The normalized spacial score (nSPS) is 25.3. The van der Waals surface area contributed by atoms with Gasteiger partial charge in [-0.2, -0.15) is 0 Å². The van der Waals surface area contributed by atoms with Gasteiger partial charge in [-0.3, -0.25) is 14.5 Å². The van der Waals surface area contributed by atoms with Crippen LogP contribution in [0.1, 0.15) is 24.8 Å². The number of amides is 2. The minimum absolute atomic E-state index is 0. The Balaban J connectivity index is 0.00000161. The summed E-state index contributed by atoms with van der Waals surface area (Å²) in [7, 11) is 0. The average molecular weight is 313 g/mol. The van der Waals surface area contributed by atoms with E-state index in [0.717, 1.165) is 19.4 Å². The fourth-order valence-electron chi connectivity index (χ4n) is 3.14. The van der Waals surface area contributed by atoms with Gasteiger partial charge in [-0.05, 0) is 37.1 Å². The molecule has 2 saturated heterocycles. The van der Waals surface area contributed by atoms with E-state index in [1.54, 1.807) is 12.1 Å². The van der Waals surface area contributed by atoms with Crippen LogP contribution < -0.4 is 5.32 Å². The molecular weight excluding hydrogens is 295 g/mol. The van der Waals surface area contributed by atoms with E-state index >= 15 is 0 Å². The SMILES string of the molecule is Cl.O=C1CC2(CCCNC2)C(=O)N1Cc1cccc(F)c1. The van der Waals surface area contributed by atoms with Crippen molar-refractivity contribution >= 4 is 24.2 Å². The van der Waals surface area contributed by atoms with Crippen LogP contribution in [0.15, 0.2) is 24.3 Å². The summed E-state index contributed by atoms with van der Waals surface area (Å²) in [5, 5.41) is 3.20. The Hall–Kier alpha value is -1.46. The van der Waals surface area contributed by atoms with Gasteiger partial charge in [0.15, 0.2) is 0 Å². The van der Waals surface area contributed by atoms with Crippen molar-refractivity contribution in [3.63, 3.8) is 0 Å². The minimum Gasteiger partial charge on any atom is -0.316 e. The largest absolute Gasteiger partial charge is 0.316 e. The highest BCUT2D eigenvalue weighted by atomic mass is 35.5. The van der Waals surface area contributed by atoms with Crippen LogP contribution >= 0.6 is 12.4 Å². The number of benzene rings is 1. The van der Waals surface area contributed by atoms with Crippen molar-refractivity contribution in [2.45, 2.75) is 25.8 Å². The smallest absolute Gasteiger partial charge is 0.237 e. The van der Waals surface area contributed by atoms with E-state index in [-0.39, 0.29) is 43.0 Å². The Kier molecular flexibility index (Phi) is 4.64. The topological polar surface area (TPSA) is 49.4 Å². The van der Waals surface area contributed by atoms with Crippen LogP contribution in [-0.4, -0.2) is 29.8 Å². The minimum atomic E-state index is -0.567. The second-order valence-electron chi connectivity index (χ2n) is 5.65. The summed E-state index contributed by atoms with van der Waals surface area (Å²) in [6.45, 7) is 1.63. The van der Waals surface area contributed by atoms with E-state index in [1.165, 1.54) is 17.0 Å². The van der Waals surface area contributed by atoms with Crippen molar-refractivity contribution in [3.8, 4) is 0 Å². The standard InChI is InChI=1S/C15H17FN2O2.ClH/c16-12-4-1-3-11(7-12)9-18-13(19)8-15(14(18)20)5-2-6-17-10-15;/h1,3-4,7,17H,2,5-6,8-10H2;1H. The number of carbonyl (C=O) groups excluding carboxylic acids is 2. The lowest BCUT2D eigenvalue weighted by atomic mass is 9.79. The number of nitrogens with one attached hydrogen (secondary N) is 1. The third-order valence-corrected chi connectivity index (χ3v) is 4.19. The van der Waals surface area contributed by atoms with E-state index in [4.69, 9.17) is 0 Å². The van der Waals surface area contributed by atoms with Crippen LogP contribution in [0.5, 0.6) is 0 Å². The molecule has 2 fully saturated rings. The molecule has 0 aromatic heterocycles. The second-order valence-corrected chi connectivity index (χ2v) is 5.65. The van der Waals surface area contributed by atoms with Crippen LogP contribution in [0.2, 0.25) is 0 Å². The number of carbonyl (C=O) groups is 2. The van der Waals surface area contributed by atoms with Gasteiger partial charge >= 0.3 is 0 Å². The van der Waals surface area contributed by atoms with E-state index < -0.39 is 5.41 Å². The third kappa shape index (κ3) is 2.94. The van der Waals surface area contributed by atoms with Gasteiger partial charge in [0.1, 0.15) is 5.82 Å². The van der Waals surface area contributed by atoms with Crippen LogP contribution in [0.25, 0.3) is 0 Å². The summed E-state index contributed by atoms with van der Waals surface area (Å²) in [6.07, 6.45) is 1.94. The first kappa shape index (κ1) is 15.9. The number of imide groups is 1.